The Balaban J connectivity index is 1.76. The number of aliphatic carboxylic acids is 1. The second-order valence-corrected chi connectivity index (χ2v) is 5.91. The first-order chi connectivity index (χ1) is 12.5. The first-order valence-electron chi connectivity index (χ1n) is 8.42. The molecular formula is C18H23N3O5. The molecule has 0 aliphatic rings. The smallest absolute Gasteiger partial charge is 0.303 e. The number of nitrogens with zero attached hydrogens (tertiary/aromatic N) is 3. The van der Waals surface area contributed by atoms with E-state index in [1.54, 1.807) is 19.1 Å². The van der Waals surface area contributed by atoms with Crippen LogP contribution in [0.5, 0.6) is 5.75 Å². The summed E-state index contributed by atoms with van der Waals surface area (Å²) in [6, 6.07) is 7.35. The number of methoxy groups -OCH3 is 1. The minimum Gasteiger partial charge on any atom is -0.497 e. The molecule has 8 heteroatoms. The molecule has 1 N–H and O–H groups in total. The molecule has 8 nitrogen and oxygen atoms in total. The number of carboxylic acid groups (broad SMARTS) is 1. The van der Waals surface area contributed by atoms with Gasteiger partial charge >= 0.3 is 5.97 Å². The highest BCUT2D eigenvalue weighted by Gasteiger charge is 2.12. The van der Waals surface area contributed by atoms with Gasteiger partial charge < -0.3 is 19.3 Å². The molecule has 0 atom stereocenters. The van der Waals surface area contributed by atoms with Crippen LogP contribution < -0.4 is 4.74 Å². The number of hydrogen-bond acceptors (Lipinski definition) is 6. The molecule has 0 aliphatic carbocycles. The second-order valence-electron chi connectivity index (χ2n) is 5.91. The number of amides is 1. The van der Waals surface area contributed by atoms with Crippen molar-refractivity contribution in [1.82, 2.24) is 15.0 Å². The molecule has 0 bridgehead atoms. The van der Waals surface area contributed by atoms with Gasteiger partial charge in [0.25, 0.3) is 0 Å². The van der Waals surface area contributed by atoms with Gasteiger partial charge in [-0.15, -0.1) is 0 Å². The van der Waals surface area contributed by atoms with Crippen LogP contribution in [0.15, 0.2) is 28.8 Å². The molecule has 1 heterocycles. The molecule has 140 valence electrons. The first-order valence-corrected chi connectivity index (χ1v) is 8.42. The van der Waals surface area contributed by atoms with E-state index in [2.05, 4.69) is 10.1 Å². The van der Waals surface area contributed by atoms with E-state index in [1.165, 1.54) is 0 Å². The molecule has 1 aromatic carbocycles. The summed E-state index contributed by atoms with van der Waals surface area (Å²) >= 11 is 0. The highest BCUT2D eigenvalue weighted by atomic mass is 16.5. The van der Waals surface area contributed by atoms with E-state index in [-0.39, 0.29) is 12.3 Å². The highest BCUT2D eigenvalue weighted by molar-refractivity contribution is 5.75. The fraction of sp³-hybridized carbons (Fsp3) is 0.444. The highest BCUT2D eigenvalue weighted by Crippen LogP contribution is 2.20. The molecule has 2 aromatic rings. The maximum atomic E-state index is 12.0. The average molecular weight is 361 g/mol. The Bertz CT molecular complexity index is 727. The van der Waals surface area contributed by atoms with Crippen LogP contribution in [0.25, 0.3) is 11.4 Å². The molecule has 1 amide bonds. The Labute approximate surface area is 151 Å². The van der Waals surface area contributed by atoms with Crippen molar-refractivity contribution in [2.24, 2.45) is 0 Å². The van der Waals surface area contributed by atoms with Crippen LogP contribution in [0, 0.1) is 0 Å². The van der Waals surface area contributed by atoms with Crippen LogP contribution in [0.4, 0.5) is 0 Å². The van der Waals surface area contributed by atoms with Gasteiger partial charge in [-0.1, -0.05) is 5.16 Å². The zero-order valence-electron chi connectivity index (χ0n) is 15.0. The fourth-order valence-electron chi connectivity index (χ4n) is 2.39. The third-order valence-electron chi connectivity index (χ3n) is 3.91. The molecule has 0 saturated carbocycles. The maximum absolute atomic E-state index is 12.0. The number of carbonyl (C=O) groups is 2. The van der Waals surface area contributed by atoms with E-state index in [0.717, 1.165) is 11.3 Å². The maximum Gasteiger partial charge on any atom is 0.303 e. The van der Waals surface area contributed by atoms with Crippen molar-refractivity contribution in [2.75, 3.05) is 20.7 Å². The predicted molar refractivity (Wildman–Crippen MR) is 93.7 cm³/mol. The van der Waals surface area contributed by atoms with E-state index < -0.39 is 5.97 Å². The molecule has 0 fully saturated rings. The molecule has 0 spiro atoms. The van der Waals surface area contributed by atoms with Gasteiger partial charge in [-0.3, -0.25) is 9.59 Å². The van der Waals surface area contributed by atoms with E-state index in [9.17, 15) is 9.59 Å². The van der Waals surface area contributed by atoms with Crippen molar-refractivity contribution >= 4 is 11.9 Å². The van der Waals surface area contributed by atoms with Crippen LogP contribution in [0.3, 0.4) is 0 Å². The Hall–Kier alpha value is -2.90. The largest absolute Gasteiger partial charge is 0.497 e. The monoisotopic (exact) mass is 361 g/mol. The third-order valence-corrected chi connectivity index (χ3v) is 3.91. The van der Waals surface area contributed by atoms with Crippen molar-refractivity contribution in [1.29, 1.82) is 0 Å². The Morgan fingerprint density at radius 2 is 1.92 bits per heavy atom. The SMILES string of the molecule is COc1ccc(-c2noc(CCCC(=O)N(C)CCCC(=O)O)n2)cc1. The van der Waals surface area contributed by atoms with Gasteiger partial charge in [0.2, 0.25) is 17.6 Å². The number of carboxylic acids is 1. The zero-order chi connectivity index (χ0) is 18.9. The number of hydrogen-bond donors (Lipinski definition) is 1. The third kappa shape index (κ3) is 5.87. The summed E-state index contributed by atoms with van der Waals surface area (Å²) in [7, 11) is 3.28. The van der Waals surface area contributed by atoms with E-state index in [0.29, 0.717) is 43.9 Å². The minimum absolute atomic E-state index is 0.0229. The van der Waals surface area contributed by atoms with Gasteiger partial charge in [-0.2, -0.15) is 4.98 Å². The van der Waals surface area contributed by atoms with E-state index in [4.69, 9.17) is 14.4 Å². The standard InChI is InChI=1S/C18H23N3O5/c1-21(12-4-7-17(23)24)16(22)6-3-5-15-19-18(20-26-15)13-8-10-14(25-2)11-9-13/h8-11H,3-7,12H2,1-2H3,(H,23,24). The van der Waals surface area contributed by atoms with Gasteiger partial charge in [0.1, 0.15) is 5.75 Å². The molecular weight excluding hydrogens is 338 g/mol. The van der Waals surface area contributed by atoms with Crippen molar-refractivity contribution in [3.8, 4) is 17.1 Å². The predicted octanol–water partition coefficient (Wildman–Crippen LogP) is 2.39. The molecule has 0 aliphatic heterocycles. The van der Waals surface area contributed by atoms with Crippen LogP contribution in [0.2, 0.25) is 0 Å². The Morgan fingerprint density at radius 3 is 2.58 bits per heavy atom. The van der Waals surface area contributed by atoms with Gasteiger partial charge in [0.15, 0.2) is 0 Å². The van der Waals surface area contributed by atoms with Crippen molar-refractivity contribution < 1.29 is 24.0 Å². The molecule has 1 aromatic heterocycles. The number of benzene rings is 1. The van der Waals surface area contributed by atoms with E-state index >= 15 is 0 Å². The van der Waals surface area contributed by atoms with Crippen LogP contribution in [-0.4, -0.2) is 52.7 Å². The molecule has 2 rings (SSSR count). The summed E-state index contributed by atoms with van der Waals surface area (Å²) in [4.78, 5) is 28.4. The first kappa shape index (κ1) is 19.4. The number of rotatable bonds is 10. The second kappa shape index (κ2) is 9.55. The summed E-state index contributed by atoms with van der Waals surface area (Å²) in [5.74, 6) is 0.862. The number of aromatic nitrogens is 2. The fourth-order valence-corrected chi connectivity index (χ4v) is 2.39. The van der Waals surface area contributed by atoms with Crippen molar-refractivity contribution in [2.45, 2.75) is 32.1 Å². The minimum atomic E-state index is -0.852. The Morgan fingerprint density at radius 1 is 1.19 bits per heavy atom. The van der Waals surface area contributed by atoms with Crippen LogP contribution in [-0.2, 0) is 16.0 Å². The quantitative estimate of drug-likeness (QED) is 0.692. The summed E-state index contributed by atoms with van der Waals surface area (Å²) in [5, 5.41) is 12.6. The van der Waals surface area contributed by atoms with Crippen LogP contribution >= 0.6 is 0 Å². The van der Waals surface area contributed by atoms with E-state index in [1.807, 2.05) is 24.3 Å². The molecule has 0 saturated heterocycles. The summed E-state index contributed by atoms with van der Waals surface area (Å²) in [6.45, 7) is 0.438. The lowest BCUT2D eigenvalue weighted by molar-refractivity contribution is -0.138. The summed E-state index contributed by atoms with van der Waals surface area (Å²) in [5.41, 5.74) is 0.829. The van der Waals surface area contributed by atoms with Crippen molar-refractivity contribution in [3.05, 3.63) is 30.2 Å². The van der Waals surface area contributed by atoms with Gasteiger partial charge in [0.05, 0.1) is 7.11 Å². The lowest BCUT2D eigenvalue weighted by atomic mass is 10.2. The van der Waals surface area contributed by atoms with Gasteiger partial charge in [-0.05, 0) is 37.1 Å². The molecule has 0 radical (unpaired) electrons. The van der Waals surface area contributed by atoms with Crippen molar-refractivity contribution in [3.63, 3.8) is 0 Å². The number of aryl methyl sites for hydroxylation is 1. The number of carbonyl (C=O) groups excluding carboxylic acids is 1. The Kier molecular flexibility index (Phi) is 7.13. The van der Waals surface area contributed by atoms with Gasteiger partial charge in [0, 0.05) is 38.4 Å². The molecule has 0 unspecified atom stereocenters. The normalized spacial score (nSPS) is 10.5. The lowest BCUT2D eigenvalue weighted by Gasteiger charge is -2.16. The average Bonchev–Trinajstić information content (AvgIpc) is 3.10. The number of ether oxygens (including phenoxy) is 1. The molecule has 26 heavy (non-hydrogen) atoms. The topological polar surface area (TPSA) is 106 Å². The zero-order valence-corrected chi connectivity index (χ0v) is 15.0. The van der Waals surface area contributed by atoms with Crippen LogP contribution in [0.1, 0.15) is 31.6 Å². The lowest BCUT2D eigenvalue weighted by Crippen LogP contribution is -2.27. The summed E-state index contributed by atoms with van der Waals surface area (Å²) in [6.07, 6.45) is 1.97. The van der Waals surface area contributed by atoms with Gasteiger partial charge in [-0.25, -0.2) is 0 Å². The summed E-state index contributed by atoms with van der Waals surface area (Å²) < 4.78 is 10.3.